The quantitative estimate of drug-likeness (QED) is 0.363. The topological polar surface area (TPSA) is 43.1 Å². The summed E-state index contributed by atoms with van der Waals surface area (Å²) in [7, 11) is 0. The zero-order chi connectivity index (χ0) is 14.7. The summed E-state index contributed by atoms with van der Waals surface area (Å²) < 4.78 is 0.939. The van der Waals surface area contributed by atoms with Gasteiger partial charge in [0.05, 0.1) is 4.92 Å². The average Bonchev–Trinajstić information content (AvgIpc) is 2.39. The Labute approximate surface area is 138 Å². The van der Waals surface area contributed by atoms with Crippen molar-refractivity contribution in [1.82, 2.24) is 0 Å². The van der Waals surface area contributed by atoms with Crippen LogP contribution < -0.4 is 0 Å². The Balaban J connectivity index is 2.14. The van der Waals surface area contributed by atoms with E-state index in [4.69, 9.17) is 11.6 Å². The fourth-order valence-electron chi connectivity index (χ4n) is 1.83. The molecule has 0 radical (unpaired) electrons. The number of halogens is 3. The third-order valence-corrected chi connectivity index (χ3v) is 4.60. The van der Waals surface area contributed by atoms with Crippen LogP contribution in [0, 0.1) is 10.1 Å². The van der Waals surface area contributed by atoms with Crippen LogP contribution in [-0.2, 0) is 6.42 Å². The smallest absolute Gasteiger partial charge is 0.258 e. The molecule has 0 heterocycles. The minimum atomic E-state index is -0.398. The molecular formula is C14H10Br2ClNO2. The van der Waals surface area contributed by atoms with Gasteiger partial charge in [0.2, 0.25) is 0 Å². The van der Waals surface area contributed by atoms with E-state index in [9.17, 15) is 10.1 Å². The third-order valence-electron chi connectivity index (χ3n) is 2.86. The summed E-state index contributed by atoms with van der Waals surface area (Å²) in [5, 5.41) is 11.3. The number of hydrogen-bond donors (Lipinski definition) is 0. The van der Waals surface area contributed by atoms with Gasteiger partial charge in [-0.15, -0.1) is 0 Å². The summed E-state index contributed by atoms with van der Waals surface area (Å²) in [6.45, 7) is 0. The Morgan fingerprint density at radius 2 is 1.85 bits per heavy atom. The molecule has 0 saturated carbocycles. The van der Waals surface area contributed by atoms with Gasteiger partial charge in [-0.1, -0.05) is 61.7 Å². The minimum Gasteiger partial charge on any atom is -0.258 e. The maximum absolute atomic E-state index is 10.6. The van der Waals surface area contributed by atoms with Crippen LogP contribution in [0.25, 0.3) is 0 Å². The highest BCUT2D eigenvalue weighted by molar-refractivity contribution is 9.11. The van der Waals surface area contributed by atoms with Gasteiger partial charge in [-0.2, -0.15) is 0 Å². The van der Waals surface area contributed by atoms with E-state index in [-0.39, 0.29) is 10.5 Å². The minimum absolute atomic E-state index is 0.104. The van der Waals surface area contributed by atoms with E-state index in [0.29, 0.717) is 5.02 Å². The van der Waals surface area contributed by atoms with Crippen molar-refractivity contribution in [2.75, 3.05) is 0 Å². The van der Waals surface area contributed by atoms with Crippen LogP contribution in [0.2, 0.25) is 5.02 Å². The van der Waals surface area contributed by atoms with Crippen molar-refractivity contribution < 1.29 is 4.92 Å². The van der Waals surface area contributed by atoms with Gasteiger partial charge in [0.25, 0.3) is 5.69 Å². The van der Waals surface area contributed by atoms with Gasteiger partial charge in [0, 0.05) is 26.5 Å². The van der Waals surface area contributed by atoms with Crippen LogP contribution in [0.15, 0.2) is 46.9 Å². The molecule has 0 spiro atoms. The predicted octanol–water partition coefficient (Wildman–Crippen LogP) is 5.69. The Morgan fingerprint density at radius 3 is 2.40 bits per heavy atom. The maximum atomic E-state index is 10.6. The van der Waals surface area contributed by atoms with Gasteiger partial charge in [0.15, 0.2) is 0 Å². The lowest BCUT2D eigenvalue weighted by molar-refractivity contribution is -0.384. The number of hydrogen-bond acceptors (Lipinski definition) is 2. The van der Waals surface area contributed by atoms with Crippen molar-refractivity contribution >= 4 is 49.1 Å². The van der Waals surface area contributed by atoms with Gasteiger partial charge >= 0.3 is 0 Å². The van der Waals surface area contributed by atoms with Crippen LogP contribution in [0.5, 0.6) is 0 Å². The van der Waals surface area contributed by atoms with Gasteiger partial charge in [0.1, 0.15) is 0 Å². The van der Waals surface area contributed by atoms with Crippen molar-refractivity contribution in [2.24, 2.45) is 0 Å². The zero-order valence-corrected chi connectivity index (χ0v) is 14.2. The van der Waals surface area contributed by atoms with E-state index in [1.54, 1.807) is 12.1 Å². The Hall–Kier alpha value is -0.910. The number of nitro groups is 1. The molecule has 3 nitrogen and oxygen atoms in total. The fraction of sp³-hybridized carbons (Fsp3) is 0.143. The number of rotatable bonds is 4. The first kappa shape index (κ1) is 15.5. The first-order valence-electron chi connectivity index (χ1n) is 5.79. The molecule has 0 N–H and O–H groups in total. The molecule has 0 aromatic heterocycles. The lowest BCUT2D eigenvalue weighted by atomic mass is 10.0. The van der Waals surface area contributed by atoms with E-state index in [0.717, 1.165) is 22.0 Å². The van der Waals surface area contributed by atoms with E-state index in [2.05, 4.69) is 31.9 Å². The average molecular weight is 420 g/mol. The Morgan fingerprint density at radius 1 is 1.20 bits per heavy atom. The second-order valence-corrected chi connectivity index (χ2v) is 6.66. The molecule has 2 rings (SSSR count). The number of non-ortho nitro benzene ring substituents is 1. The maximum Gasteiger partial charge on any atom is 0.269 e. The van der Waals surface area contributed by atoms with Crippen LogP contribution in [-0.4, -0.2) is 4.92 Å². The zero-order valence-electron chi connectivity index (χ0n) is 10.2. The molecule has 6 heteroatoms. The summed E-state index contributed by atoms with van der Waals surface area (Å²) in [6.07, 6.45) is 0.734. The molecular weight excluding hydrogens is 409 g/mol. The van der Waals surface area contributed by atoms with Gasteiger partial charge in [-0.25, -0.2) is 0 Å². The fourth-order valence-corrected chi connectivity index (χ4v) is 3.87. The second-order valence-electron chi connectivity index (χ2n) is 4.26. The van der Waals surface area contributed by atoms with Crippen LogP contribution >= 0.6 is 43.5 Å². The van der Waals surface area contributed by atoms with Crippen molar-refractivity contribution in [3.8, 4) is 0 Å². The first-order valence-corrected chi connectivity index (χ1v) is 7.88. The van der Waals surface area contributed by atoms with E-state index < -0.39 is 4.92 Å². The third kappa shape index (κ3) is 3.81. The summed E-state index contributed by atoms with van der Waals surface area (Å²) in [6, 6.07) is 12.2. The molecule has 104 valence electrons. The molecule has 0 fully saturated rings. The van der Waals surface area contributed by atoms with E-state index in [1.807, 2.05) is 18.2 Å². The van der Waals surface area contributed by atoms with E-state index in [1.165, 1.54) is 12.1 Å². The highest BCUT2D eigenvalue weighted by atomic mass is 79.9. The summed E-state index contributed by atoms with van der Waals surface area (Å²) in [5.41, 5.74) is 2.22. The van der Waals surface area contributed by atoms with Gasteiger partial charge in [-0.3, -0.25) is 10.1 Å². The number of nitro benzene ring substituents is 1. The summed E-state index contributed by atoms with van der Waals surface area (Å²) in [5.74, 6) is 0. The van der Waals surface area contributed by atoms with E-state index >= 15 is 0 Å². The molecule has 0 saturated heterocycles. The highest BCUT2D eigenvalue weighted by Crippen LogP contribution is 2.34. The van der Waals surface area contributed by atoms with Crippen molar-refractivity contribution in [3.63, 3.8) is 0 Å². The lowest BCUT2D eigenvalue weighted by Gasteiger charge is -2.12. The Kier molecular flexibility index (Phi) is 5.18. The predicted molar refractivity (Wildman–Crippen MR) is 87.6 cm³/mol. The molecule has 1 unspecified atom stereocenters. The highest BCUT2D eigenvalue weighted by Gasteiger charge is 2.13. The van der Waals surface area contributed by atoms with Crippen LogP contribution in [0.4, 0.5) is 5.69 Å². The molecule has 0 aliphatic heterocycles. The molecule has 2 aromatic carbocycles. The molecule has 1 atom stereocenters. The summed E-state index contributed by atoms with van der Waals surface area (Å²) >= 11 is 13.0. The van der Waals surface area contributed by atoms with Gasteiger partial charge in [-0.05, 0) is 29.7 Å². The Bertz CT molecular complexity index is 632. The van der Waals surface area contributed by atoms with Crippen molar-refractivity contribution in [1.29, 1.82) is 0 Å². The molecule has 2 aromatic rings. The largest absolute Gasteiger partial charge is 0.269 e. The van der Waals surface area contributed by atoms with Crippen molar-refractivity contribution in [2.45, 2.75) is 11.2 Å². The molecule has 0 aliphatic rings. The SMILES string of the molecule is O=[N+]([O-])c1ccc(CC(Br)c2ccc(Cl)cc2Br)cc1. The normalized spacial score (nSPS) is 12.2. The molecule has 0 aliphatic carbocycles. The number of nitrogens with zero attached hydrogens (tertiary/aromatic N) is 1. The van der Waals surface area contributed by atoms with Crippen LogP contribution in [0.1, 0.15) is 16.0 Å². The van der Waals surface area contributed by atoms with Crippen LogP contribution in [0.3, 0.4) is 0 Å². The molecule has 20 heavy (non-hydrogen) atoms. The first-order chi connectivity index (χ1) is 9.47. The lowest BCUT2D eigenvalue weighted by Crippen LogP contribution is -1.97. The number of alkyl halides is 1. The second kappa shape index (κ2) is 6.70. The number of benzene rings is 2. The van der Waals surface area contributed by atoms with Crippen molar-refractivity contribution in [3.05, 3.63) is 73.2 Å². The molecule has 0 bridgehead atoms. The summed E-state index contributed by atoms with van der Waals surface area (Å²) in [4.78, 5) is 10.3. The standard InChI is InChI=1S/C14H10Br2ClNO2/c15-13(12-6-3-10(17)8-14(12)16)7-9-1-4-11(5-2-9)18(19)20/h1-6,8,13H,7H2. The molecule has 0 amide bonds. The monoisotopic (exact) mass is 417 g/mol. The van der Waals surface area contributed by atoms with Gasteiger partial charge < -0.3 is 0 Å².